The number of benzene rings is 1. The van der Waals surface area contributed by atoms with Crippen molar-refractivity contribution in [3.05, 3.63) is 35.4 Å². The monoisotopic (exact) mass is 291 g/mol. The van der Waals surface area contributed by atoms with Gasteiger partial charge in [-0.2, -0.15) is 0 Å². The zero-order chi connectivity index (χ0) is 15.5. The van der Waals surface area contributed by atoms with Gasteiger partial charge in [-0.05, 0) is 37.1 Å². The molecule has 0 saturated carbocycles. The minimum atomic E-state index is -0.170. The number of esters is 1. The number of methoxy groups -OCH3 is 1. The van der Waals surface area contributed by atoms with Gasteiger partial charge < -0.3 is 4.74 Å². The molecule has 0 saturated heterocycles. The molecule has 0 N–H and O–H groups in total. The molecule has 21 heavy (non-hydrogen) atoms. The van der Waals surface area contributed by atoms with Crippen molar-refractivity contribution in [1.29, 1.82) is 0 Å². The summed E-state index contributed by atoms with van der Waals surface area (Å²) in [5, 5.41) is 0. The van der Waals surface area contributed by atoms with Crippen LogP contribution >= 0.6 is 0 Å². The van der Waals surface area contributed by atoms with Crippen molar-refractivity contribution in [2.45, 2.75) is 52.5 Å². The van der Waals surface area contributed by atoms with Crippen LogP contribution in [0.1, 0.15) is 50.7 Å². The fraction of sp³-hybridized carbons (Fsp3) is 0.611. The van der Waals surface area contributed by atoms with E-state index in [-0.39, 0.29) is 5.97 Å². The van der Waals surface area contributed by atoms with Crippen LogP contribution in [0, 0.1) is 0 Å². The number of ether oxygens (including phenoxy) is 1. The van der Waals surface area contributed by atoms with Crippen LogP contribution in [0.2, 0.25) is 0 Å². The molecule has 0 bridgehead atoms. The Balaban J connectivity index is 2.74. The van der Waals surface area contributed by atoms with Crippen molar-refractivity contribution in [3.63, 3.8) is 0 Å². The average molecular weight is 291 g/mol. The van der Waals surface area contributed by atoms with E-state index in [9.17, 15) is 4.79 Å². The second kappa shape index (κ2) is 10.4. The van der Waals surface area contributed by atoms with Crippen LogP contribution in [0.4, 0.5) is 0 Å². The highest BCUT2D eigenvalue weighted by Gasteiger charge is 2.11. The molecule has 0 unspecified atom stereocenters. The van der Waals surface area contributed by atoms with Gasteiger partial charge in [-0.25, -0.2) is 0 Å². The molecule has 0 aliphatic carbocycles. The van der Waals surface area contributed by atoms with Gasteiger partial charge in [0, 0.05) is 6.54 Å². The minimum absolute atomic E-state index is 0.170. The minimum Gasteiger partial charge on any atom is -0.469 e. The maximum absolute atomic E-state index is 11.5. The van der Waals surface area contributed by atoms with E-state index in [1.807, 2.05) is 18.2 Å². The average Bonchev–Trinajstić information content (AvgIpc) is 2.51. The molecular weight excluding hydrogens is 262 g/mol. The Bertz CT molecular complexity index is 409. The lowest BCUT2D eigenvalue weighted by atomic mass is 10.0. The quantitative estimate of drug-likeness (QED) is 0.614. The molecule has 0 spiro atoms. The molecule has 0 fully saturated rings. The van der Waals surface area contributed by atoms with Crippen molar-refractivity contribution in [3.8, 4) is 0 Å². The molecule has 118 valence electrons. The molecule has 0 aromatic heterocycles. The Morgan fingerprint density at radius 2 is 1.62 bits per heavy atom. The first-order valence-electron chi connectivity index (χ1n) is 8.07. The van der Waals surface area contributed by atoms with Gasteiger partial charge in [0.05, 0.1) is 13.5 Å². The predicted molar refractivity (Wildman–Crippen MR) is 87.3 cm³/mol. The first kappa shape index (κ1) is 17.7. The Morgan fingerprint density at radius 1 is 1.05 bits per heavy atom. The fourth-order valence-electron chi connectivity index (χ4n) is 2.39. The normalized spacial score (nSPS) is 10.9. The maximum atomic E-state index is 11.5. The van der Waals surface area contributed by atoms with Crippen LogP contribution in [0.25, 0.3) is 0 Å². The number of hydrogen-bond acceptors (Lipinski definition) is 3. The molecule has 1 aromatic rings. The van der Waals surface area contributed by atoms with Crippen molar-refractivity contribution >= 4 is 5.97 Å². The van der Waals surface area contributed by atoms with Gasteiger partial charge in [-0.15, -0.1) is 0 Å². The Labute approximate surface area is 129 Å². The topological polar surface area (TPSA) is 29.5 Å². The third kappa shape index (κ3) is 6.76. The van der Waals surface area contributed by atoms with Crippen molar-refractivity contribution in [2.24, 2.45) is 0 Å². The van der Waals surface area contributed by atoms with E-state index in [1.54, 1.807) is 0 Å². The summed E-state index contributed by atoms with van der Waals surface area (Å²) >= 11 is 0. The number of carbonyl (C=O) groups is 1. The highest BCUT2D eigenvalue weighted by molar-refractivity contribution is 5.72. The van der Waals surface area contributed by atoms with E-state index in [0.29, 0.717) is 6.42 Å². The Kier molecular flexibility index (Phi) is 8.76. The molecule has 0 aliphatic heterocycles. The Morgan fingerprint density at radius 3 is 2.14 bits per heavy atom. The summed E-state index contributed by atoms with van der Waals surface area (Å²) in [6.07, 6.45) is 5.24. The molecular formula is C18H29NO2. The first-order chi connectivity index (χ1) is 10.2. The number of hydrogen-bond donors (Lipinski definition) is 0. The second-order valence-corrected chi connectivity index (χ2v) is 5.50. The van der Waals surface area contributed by atoms with Gasteiger partial charge in [0.1, 0.15) is 0 Å². The number of unbranched alkanes of at least 4 members (excludes halogenated alkanes) is 2. The summed E-state index contributed by atoms with van der Waals surface area (Å²) in [4.78, 5) is 14.0. The lowest BCUT2D eigenvalue weighted by Gasteiger charge is -2.23. The van der Waals surface area contributed by atoms with Crippen molar-refractivity contribution < 1.29 is 9.53 Å². The van der Waals surface area contributed by atoms with Crippen LogP contribution in [0.3, 0.4) is 0 Å². The Hall–Kier alpha value is -1.35. The largest absolute Gasteiger partial charge is 0.469 e. The lowest BCUT2D eigenvalue weighted by molar-refractivity contribution is -0.139. The van der Waals surface area contributed by atoms with Gasteiger partial charge in [-0.1, -0.05) is 51.0 Å². The highest BCUT2D eigenvalue weighted by atomic mass is 16.5. The zero-order valence-corrected chi connectivity index (χ0v) is 13.7. The number of nitrogens with zero attached hydrogens (tertiary/aromatic N) is 1. The maximum Gasteiger partial charge on any atom is 0.309 e. The van der Waals surface area contributed by atoms with E-state index in [4.69, 9.17) is 4.74 Å². The van der Waals surface area contributed by atoms with E-state index in [2.05, 4.69) is 24.8 Å². The number of rotatable bonds is 10. The molecule has 3 nitrogen and oxygen atoms in total. The van der Waals surface area contributed by atoms with Gasteiger partial charge in [-0.3, -0.25) is 9.69 Å². The summed E-state index contributed by atoms with van der Waals surface area (Å²) in [6, 6.07) is 8.20. The van der Waals surface area contributed by atoms with Gasteiger partial charge in [0.15, 0.2) is 0 Å². The van der Waals surface area contributed by atoms with E-state index in [1.165, 1.54) is 38.4 Å². The van der Waals surface area contributed by atoms with Crippen molar-refractivity contribution in [1.82, 2.24) is 4.90 Å². The molecule has 3 heteroatoms. The summed E-state index contributed by atoms with van der Waals surface area (Å²) in [6.45, 7) is 7.63. The molecule has 0 heterocycles. The summed E-state index contributed by atoms with van der Waals surface area (Å²) in [7, 11) is 1.44. The smallest absolute Gasteiger partial charge is 0.309 e. The van der Waals surface area contributed by atoms with Crippen LogP contribution < -0.4 is 0 Å². The number of carbonyl (C=O) groups excluding carboxylic acids is 1. The van der Waals surface area contributed by atoms with Crippen LogP contribution in [-0.2, 0) is 22.5 Å². The van der Waals surface area contributed by atoms with E-state index >= 15 is 0 Å². The first-order valence-corrected chi connectivity index (χ1v) is 8.07. The van der Waals surface area contributed by atoms with Gasteiger partial charge in [0.25, 0.3) is 0 Å². The van der Waals surface area contributed by atoms with E-state index < -0.39 is 0 Å². The van der Waals surface area contributed by atoms with E-state index in [0.717, 1.165) is 25.2 Å². The van der Waals surface area contributed by atoms with Gasteiger partial charge >= 0.3 is 5.97 Å². The standard InChI is InChI=1S/C18H29NO2/c1-4-6-12-19(13-7-5-2)15-17-11-9-8-10-16(17)14-18(20)21-3/h8-11H,4-7,12-15H2,1-3H3. The third-order valence-electron chi connectivity index (χ3n) is 3.73. The fourth-order valence-corrected chi connectivity index (χ4v) is 2.39. The predicted octanol–water partition coefficient (Wildman–Crippen LogP) is 3.80. The lowest BCUT2D eigenvalue weighted by Crippen LogP contribution is -2.26. The SMILES string of the molecule is CCCCN(CCCC)Cc1ccccc1CC(=O)OC. The molecule has 1 rings (SSSR count). The summed E-state index contributed by atoms with van der Waals surface area (Å²) in [5.74, 6) is -0.170. The third-order valence-corrected chi connectivity index (χ3v) is 3.73. The van der Waals surface area contributed by atoms with Crippen LogP contribution in [0.5, 0.6) is 0 Å². The molecule has 0 amide bonds. The molecule has 0 radical (unpaired) electrons. The molecule has 0 atom stereocenters. The highest BCUT2D eigenvalue weighted by Crippen LogP contribution is 2.14. The zero-order valence-electron chi connectivity index (χ0n) is 13.7. The second-order valence-electron chi connectivity index (χ2n) is 5.50. The molecule has 1 aromatic carbocycles. The van der Waals surface area contributed by atoms with Crippen LogP contribution in [0.15, 0.2) is 24.3 Å². The summed E-state index contributed by atoms with van der Waals surface area (Å²) in [5.41, 5.74) is 2.33. The van der Waals surface area contributed by atoms with Gasteiger partial charge in [0.2, 0.25) is 0 Å². The van der Waals surface area contributed by atoms with Crippen molar-refractivity contribution in [2.75, 3.05) is 20.2 Å². The molecule has 0 aliphatic rings. The summed E-state index contributed by atoms with van der Waals surface area (Å²) < 4.78 is 4.79. The van der Waals surface area contributed by atoms with Crippen LogP contribution in [-0.4, -0.2) is 31.1 Å².